The smallest absolute Gasteiger partial charge is 0.166 e. The van der Waals surface area contributed by atoms with Crippen LogP contribution in [0.1, 0.15) is 25.0 Å². The van der Waals surface area contributed by atoms with E-state index in [0.29, 0.717) is 11.2 Å². The fraction of sp³-hybridized carbons (Fsp3) is 0.417. The van der Waals surface area contributed by atoms with E-state index in [4.69, 9.17) is 12.2 Å². The maximum Gasteiger partial charge on any atom is 0.166 e. The van der Waals surface area contributed by atoms with Gasteiger partial charge in [-0.05, 0) is 38.6 Å². The number of hydrogen-bond donors (Lipinski definition) is 2. The Labute approximate surface area is 97.1 Å². The molecule has 0 heterocycles. The Morgan fingerprint density at radius 1 is 1.40 bits per heavy atom. The summed E-state index contributed by atoms with van der Waals surface area (Å²) < 4.78 is 0. The Morgan fingerprint density at radius 3 is 2.73 bits per heavy atom. The summed E-state index contributed by atoms with van der Waals surface area (Å²) in [5.41, 5.74) is 2.53. The summed E-state index contributed by atoms with van der Waals surface area (Å²) in [5.74, 6) is 0. The van der Waals surface area contributed by atoms with E-state index in [1.165, 1.54) is 11.1 Å². The lowest BCUT2D eigenvalue weighted by atomic mass is 10.1. The summed E-state index contributed by atoms with van der Waals surface area (Å²) in [6.45, 7) is 7.01. The molecule has 0 atom stereocenters. The zero-order chi connectivity index (χ0) is 11.3. The molecule has 1 rings (SSSR count). The number of rotatable bonds is 3. The van der Waals surface area contributed by atoms with Gasteiger partial charge in [-0.1, -0.05) is 29.8 Å². The number of thiocarbonyl (C=S) groups is 1. The molecule has 0 fully saturated rings. The fourth-order valence-corrected chi connectivity index (χ4v) is 1.63. The van der Waals surface area contributed by atoms with E-state index in [2.05, 4.69) is 55.7 Å². The first-order chi connectivity index (χ1) is 7.08. The highest BCUT2D eigenvalue weighted by atomic mass is 32.1. The van der Waals surface area contributed by atoms with Gasteiger partial charge >= 0.3 is 0 Å². The van der Waals surface area contributed by atoms with E-state index in [0.717, 1.165) is 6.54 Å². The molecule has 0 aromatic heterocycles. The average Bonchev–Trinajstić information content (AvgIpc) is 2.14. The van der Waals surface area contributed by atoms with Gasteiger partial charge in [0.25, 0.3) is 0 Å². The van der Waals surface area contributed by atoms with E-state index < -0.39 is 0 Å². The van der Waals surface area contributed by atoms with Crippen molar-refractivity contribution in [1.29, 1.82) is 0 Å². The van der Waals surface area contributed by atoms with Gasteiger partial charge in [0.2, 0.25) is 0 Å². The van der Waals surface area contributed by atoms with Crippen LogP contribution in [0.2, 0.25) is 0 Å². The molecule has 0 saturated heterocycles. The van der Waals surface area contributed by atoms with Gasteiger partial charge in [0, 0.05) is 12.6 Å². The van der Waals surface area contributed by atoms with E-state index in [-0.39, 0.29) is 0 Å². The first-order valence-corrected chi connectivity index (χ1v) is 5.58. The van der Waals surface area contributed by atoms with Crippen LogP contribution in [-0.4, -0.2) is 11.2 Å². The average molecular weight is 222 g/mol. The standard InChI is InChI=1S/C12H18N2S/c1-9(2)14-12(15)13-8-11-6-4-5-10(3)7-11/h4-7,9H,8H2,1-3H3,(H2,13,14,15). The molecule has 0 spiro atoms. The zero-order valence-electron chi connectivity index (χ0n) is 9.50. The molecule has 0 aliphatic heterocycles. The highest BCUT2D eigenvalue weighted by molar-refractivity contribution is 7.80. The minimum Gasteiger partial charge on any atom is -0.361 e. The maximum atomic E-state index is 5.14. The first-order valence-electron chi connectivity index (χ1n) is 5.18. The maximum absolute atomic E-state index is 5.14. The van der Waals surface area contributed by atoms with E-state index in [1.807, 2.05) is 0 Å². The highest BCUT2D eigenvalue weighted by Crippen LogP contribution is 2.02. The Bertz CT molecular complexity index is 334. The Hall–Kier alpha value is -1.09. The molecule has 2 N–H and O–H groups in total. The van der Waals surface area contributed by atoms with Gasteiger partial charge in [0.1, 0.15) is 0 Å². The largest absolute Gasteiger partial charge is 0.361 e. The Balaban J connectivity index is 2.40. The first kappa shape index (κ1) is 12.0. The van der Waals surface area contributed by atoms with Crippen LogP contribution in [0.4, 0.5) is 0 Å². The van der Waals surface area contributed by atoms with Crippen molar-refractivity contribution in [1.82, 2.24) is 10.6 Å². The highest BCUT2D eigenvalue weighted by Gasteiger charge is 1.98. The molecule has 1 aromatic carbocycles. The third-order valence-corrected chi connectivity index (χ3v) is 2.22. The van der Waals surface area contributed by atoms with Crippen molar-refractivity contribution in [2.24, 2.45) is 0 Å². The van der Waals surface area contributed by atoms with Crippen molar-refractivity contribution in [2.45, 2.75) is 33.4 Å². The van der Waals surface area contributed by atoms with Crippen molar-refractivity contribution in [3.05, 3.63) is 35.4 Å². The Morgan fingerprint density at radius 2 is 2.13 bits per heavy atom. The molecule has 3 heteroatoms. The van der Waals surface area contributed by atoms with Gasteiger partial charge in [-0.3, -0.25) is 0 Å². The number of nitrogens with one attached hydrogen (secondary N) is 2. The summed E-state index contributed by atoms with van der Waals surface area (Å²) in [6.07, 6.45) is 0. The summed E-state index contributed by atoms with van der Waals surface area (Å²) in [7, 11) is 0. The topological polar surface area (TPSA) is 24.1 Å². The van der Waals surface area contributed by atoms with Gasteiger partial charge < -0.3 is 10.6 Å². The van der Waals surface area contributed by atoms with Crippen LogP contribution < -0.4 is 10.6 Å². The summed E-state index contributed by atoms with van der Waals surface area (Å²) >= 11 is 5.14. The molecule has 0 unspecified atom stereocenters. The van der Waals surface area contributed by atoms with E-state index >= 15 is 0 Å². The summed E-state index contributed by atoms with van der Waals surface area (Å²) in [4.78, 5) is 0. The number of benzene rings is 1. The Kier molecular flexibility index (Phi) is 4.56. The zero-order valence-corrected chi connectivity index (χ0v) is 10.3. The second-order valence-electron chi connectivity index (χ2n) is 3.97. The SMILES string of the molecule is Cc1cccc(CNC(=S)NC(C)C)c1. The molecule has 0 bridgehead atoms. The van der Waals surface area contributed by atoms with Crippen molar-refractivity contribution in [3.63, 3.8) is 0 Å². The molecule has 0 aliphatic carbocycles. The molecule has 2 nitrogen and oxygen atoms in total. The van der Waals surface area contributed by atoms with Gasteiger partial charge in [-0.15, -0.1) is 0 Å². The second-order valence-corrected chi connectivity index (χ2v) is 4.38. The molecule has 0 radical (unpaired) electrons. The number of aryl methyl sites for hydroxylation is 1. The fourth-order valence-electron chi connectivity index (χ4n) is 1.32. The summed E-state index contributed by atoms with van der Waals surface area (Å²) in [5, 5.41) is 7.04. The third-order valence-electron chi connectivity index (χ3n) is 1.96. The molecule has 1 aromatic rings. The quantitative estimate of drug-likeness (QED) is 0.768. The van der Waals surface area contributed by atoms with Crippen molar-refractivity contribution in [2.75, 3.05) is 0 Å². The molecule has 0 saturated carbocycles. The molecular weight excluding hydrogens is 204 g/mol. The van der Waals surface area contributed by atoms with Crippen LogP contribution >= 0.6 is 12.2 Å². The van der Waals surface area contributed by atoms with Gasteiger partial charge in [0.15, 0.2) is 5.11 Å². The van der Waals surface area contributed by atoms with Crippen molar-refractivity contribution < 1.29 is 0 Å². The van der Waals surface area contributed by atoms with Gasteiger partial charge in [-0.2, -0.15) is 0 Å². The van der Waals surface area contributed by atoms with Crippen LogP contribution in [0, 0.1) is 6.92 Å². The van der Waals surface area contributed by atoms with E-state index in [1.54, 1.807) is 0 Å². The van der Waals surface area contributed by atoms with Gasteiger partial charge in [-0.25, -0.2) is 0 Å². The normalized spacial score (nSPS) is 10.1. The lowest BCUT2D eigenvalue weighted by Gasteiger charge is -2.13. The molecule has 15 heavy (non-hydrogen) atoms. The molecular formula is C12H18N2S. The van der Waals surface area contributed by atoms with Gasteiger partial charge in [0.05, 0.1) is 0 Å². The monoisotopic (exact) mass is 222 g/mol. The predicted molar refractivity (Wildman–Crippen MR) is 68.9 cm³/mol. The van der Waals surface area contributed by atoms with Crippen LogP contribution in [0.3, 0.4) is 0 Å². The minimum atomic E-state index is 0.377. The minimum absolute atomic E-state index is 0.377. The second kappa shape index (κ2) is 5.71. The predicted octanol–water partition coefficient (Wildman–Crippen LogP) is 2.37. The molecule has 82 valence electrons. The van der Waals surface area contributed by atoms with Crippen molar-refractivity contribution in [3.8, 4) is 0 Å². The van der Waals surface area contributed by atoms with Crippen LogP contribution in [-0.2, 0) is 6.54 Å². The molecule has 0 aliphatic rings. The van der Waals surface area contributed by atoms with Crippen molar-refractivity contribution >= 4 is 17.3 Å². The third kappa shape index (κ3) is 4.79. The van der Waals surface area contributed by atoms with E-state index in [9.17, 15) is 0 Å². The lowest BCUT2D eigenvalue weighted by molar-refractivity contribution is 0.712. The van der Waals surface area contributed by atoms with Crippen LogP contribution in [0.25, 0.3) is 0 Å². The summed E-state index contributed by atoms with van der Waals surface area (Å²) in [6, 6.07) is 8.78. The number of hydrogen-bond acceptors (Lipinski definition) is 1. The lowest BCUT2D eigenvalue weighted by Crippen LogP contribution is -2.38. The molecule has 0 amide bonds. The van der Waals surface area contributed by atoms with Crippen LogP contribution in [0.5, 0.6) is 0 Å². The van der Waals surface area contributed by atoms with Crippen LogP contribution in [0.15, 0.2) is 24.3 Å².